The number of carboxylic acids is 1. The fourth-order valence-corrected chi connectivity index (χ4v) is 4.50. The highest BCUT2D eigenvalue weighted by Gasteiger charge is 2.56. The first kappa shape index (κ1) is 22.4. The van der Waals surface area contributed by atoms with E-state index in [0.717, 1.165) is 0 Å². The van der Waals surface area contributed by atoms with Gasteiger partial charge in [-0.3, -0.25) is 14.9 Å². The number of halogens is 1. The van der Waals surface area contributed by atoms with Gasteiger partial charge >= 0.3 is 12.1 Å². The maximum atomic E-state index is 14.4. The Hall–Kier alpha value is -3.33. The lowest BCUT2D eigenvalue weighted by atomic mass is 9.73. The number of hydrogen-bond acceptors (Lipinski definition) is 4. The zero-order valence-corrected chi connectivity index (χ0v) is 17.2. The number of amides is 1. The molecule has 3 rings (SSSR count). The number of non-ortho nitro benzene ring substituents is 1. The molecule has 3 unspecified atom stereocenters. The topological polar surface area (TPSA) is 118 Å². The lowest BCUT2D eigenvalue weighted by Crippen LogP contribution is -2.65. The predicted octanol–water partition coefficient (Wildman–Crippen LogP) is 4.56. The maximum Gasteiger partial charge on any atom is 0.518 e. The van der Waals surface area contributed by atoms with Crippen LogP contribution in [-0.2, 0) is 11.2 Å². The van der Waals surface area contributed by atoms with Crippen molar-refractivity contribution in [2.75, 3.05) is 13.1 Å². The molecule has 8 nitrogen and oxygen atoms in total. The number of quaternary nitrogens is 1. The summed E-state index contributed by atoms with van der Waals surface area (Å²) in [5, 5.41) is 31.1. The molecule has 3 atom stereocenters. The van der Waals surface area contributed by atoms with E-state index in [1.807, 2.05) is 6.92 Å². The highest BCUT2D eigenvalue weighted by molar-refractivity contribution is 5.84. The molecule has 0 bridgehead atoms. The minimum Gasteiger partial charge on any atom is -0.481 e. The first-order chi connectivity index (χ1) is 14.5. The number of rotatable bonds is 5. The van der Waals surface area contributed by atoms with Crippen molar-refractivity contribution in [3.05, 3.63) is 69.5 Å². The van der Waals surface area contributed by atoms with Gasteiger partial charge in [0.1, 0.15) is 30.0 Å². The number of hydrogen-bond donors (Lipinski definition) is 2. The predicted molar refractivity (Wildman–Crippen MR) is 112 cm³/mol. The average Bonchev–Trinajstić information content (AvgIpc) is 2.73. The molecule has 0 spiro atoms. The van der Waals surface area contributed by atoms with Crippen LogP contribution in [0.15, 0.2) is 42.5 Å². The second-order valence-electron chi connectivity index (χ2n) is 8.34. The van der Waals surface area contributed by atoms with Crippen LogP contribution >= 0.6 is 0 Å². The first-order valence-corrected chi connectivity index (χ1v) is 9.90. The van der Waals surface area contributed by atoms with Crippen molar-refractivity contribution in [1.82, 2.24) is 4.48 Å². The summed E-state index contributed by atoms with van der Waals surface area (Å²) >= 11 is 0. The normalized spacial score (nSPS) is 25.7. The van der Waals surface area contributed by atoms with E-state index in [-0.39, 0.29) is 30.9 Å². The van der Waals surface area contributed by atoms with Gasteiger partial charge in [-0.25, -0.2) is 4.39 Å². The van der Waals surface area contributed by atoms with Crippen molar-refractivity contribution in [3.8, 4) is 0 Å². The Kier molecular flexibility index (Phi) is 5.82. The highest BCUT2D eigenvalue weighted by atomic mass is 19.1. The molecule has 0 radical (unpaired) electrons. The molecule has 0 aliphatic carbocycles. The SMILES string of the molecule is CCc1ccc(C2CC(C)(C(=O)O)C[N+](C(=O)O)(c3ccc([N+](=O)[O-])cc3)C2)cc1F. The summed E-state index contributed by atoms with van der Waals surface area (Å²) < 4.78 is 13.7. The second-order valence-corrected chi connectivity index (χ2v) is 8.34. The van der Waals surface area contributed by atoms with Gasteiger partial charge in [0.25, 0.3) is 5.69 Å². The molecule has 1 saturated heterocycles. The van der Waals surface area contributed by atoms with Gasteiger partial charge < -0.3 is 10.2 Å². The molecule has 2 aromatic carbocycles. The third-order valence-corrected chi connectivity index (χ3v) is 6.21. The number of carboxylic acid groups (broad SMARTS) is 2. The van der Waals surface area contributed by atoms with Crippen LogP contribution in [-0.4, -0.2) is 40.3 Å². The van der Waals surface area contributed by atoms with Gasteiger partial charge in [-0.15, -0.1) is 0 Å². The van der Waals surface area contributed by atoms with E-state index >= 15 is 0 Å². The number of piperidine rings is 1. The van der Waals surface area contributed by atoms with E-state index in [1.54, 1.807) is 12.1 Å². The fourth-order valence-electron chi connectivity index (χ4n) is 4.50. The van der Waals surface area contributed by atoms with E-state index in [4.69, 9.17) is 0 Å². The number of aliphatic carboxylic acids is 1. The zero-order chi connectivity index (χ0) is 23.0. The molecule has 1 amide bonds. The van der Waals surface area contributed by atoms with Crippen molar-refractivity contribution in [3.63, 3.8) is 0 Å². The van der Waals surface area contributed by atoms with Crippen molar-refractivity contribution >= 4 is 23.4 Å². The minimum absolute atomic E-state index is 0.000919. The molecule has 2 aromatic rings. The van der Waals surface area contributed by atoms with Crippen molar-refractivity contribution in [2.45, 2.75) is 32.6 Å². The molecule has 1 heterocycles. The molecule has 2 N–H and O–H groups in total. The van der Waals surface area contributed by atoms with Crippen LogP contribution in [0.2, 0.25) is 0 Å². The summed E-state index contributed by atoms with van der Waals surface area (Å²) in [4.78, 5) is 35.1. The molecular weight excluding hydrogens is 407 g/mol. The Balaban J connectivity index is 2.13. The van der Waals surface area contributed by atoms with E-state index < -0.39 is 38.6 Å². The maximum absolute atomic E-state index is 14.4. The summed E-state index contributed by atoms with van der Waals surface area (Å²) in [5.41, 5.74) is -0.300. The Labute approximate surface area is 178 Å². The van der Waals surface area contributed by atoms with Gasteiger partial charge in [-0.05, 0) is 37.0 Å². The summed E-state index contributed by atoms with van der Waals surface area (Å²) in [6.07, 6.45) is -0.619. The Morgan fingerprint density at radius 1 is 1.23 bits per heavy atom. The number of nitro benzene ring substituents is 1. The van der Waals surface area contributed by atoms with E-state index in [9.17, 15) is 34.3 Å². The first-order valence-electron chi connectivity index (χ1n) is 9.90. The summed E-state index contributed by atoms with van der Waals surface area (Å²) in [5.74, 6) is -2.10. The number of aryl methyl sites for hydroxylation is 1. The quantitative estimate of drug-likeness (QED) is 0.407. The van der Waals surface area contributed by atoms with Crippen molar-refractivity contribution < 1.29 is 29.1 Å². The third-order valence-electron chi connectivity index (χ3n) is 6.21. The van der Waals surface area contributed by atoms with Crippen molar-refractivity contribution in [1.29, 1.82) is 0 Å². The molecule has 0 saturated carbocycles. The number of carbonyl (C=O) groups is 2. The largest absolute Gasteiger partial charge is 0.518 e. The molecule has 1 aliphatic heterocycles. The molecule has 164 valence electrons. The summed E-state index contributed by atoms with van der Waals surface area (Å²) in [6, 6.07) is 9.80. The third kappa shape index (κ3) is 4.00. The summed E-state index contributed by atoms with van der Waals surface area (Å²) in [6.45, 7) is 3.07. The lowest BCUT2D eigenvalue weighted by Gasteiger charge is -2.45. The minimum atomic E-state index is -1.40. The van der Waals surface area contributed by atoms with Crippen LogP contribution in [0.3, 0.4) is 0 Å². The standard InChI is InChI=1S/C22H23FN2O6/c1-3-14-4-5-15(10-19(14)23)16-11-22(2,20(26)27)13-25(12-16,21(28)29)18-8-6-17(7-9-18)24(30)31/h4-10,16H,3,11-13H2,1-2H3,(H-,26,27,28,29)/p+1. The highest BCUT2D eigenvalue weighted by Crippen LogP contribution is 2.45. The number of likely N-dealkylation sites (tertiary alicyclic amines) is 1. The number of nitrogens with zero attached hydrogens (tertiary/aromatic N) is 2. The molecule has 0 aromatic heterocycles. The van der Waals surface area contributed by atoms with E-state index in [2.05, 4.69) is 0 Å². The van der Waals surface area contributed by atoms with Crippen molar-refractivity contribution in [2.24, 2.45) is 5.41 Å². The Morgan fingerprint density at radius 3 is 2.35 bits per heavy atom. The lowest BCUT2D eigenvalue weighted by molar-refractivity contribution is -0.384. The van der Waals surface area contributed by atoms with Gasteiger partial charge in [0, 0.05) is 30.2 Å². The summed E-state index contributed by atoms with van der Waals surface area (Å²) in [7, 11) is 0. The van der Waals surface area contributed by atoms with Gasteiger partial charge in [-0.2, -0.15) is 9.28 Å². The molecule has 1 fully saturated rings. The second kappa shape index (κ2) is 8.07. The van der Waals surface area contributed by atoms with Gasteiger partial charge in [-0.1, -0.05) is 19.1 Å². The van der Waals surface area contributed by atoms with E-state index in [1.165, 1.54) is 37.3 Å². The molecule has 1 aliphatic rings. The number of benzene rings is 2. The van der Waals surface area contributed by atoms with Crippen LogP contribution < -0.4 is 4.48 Å². The average molecular weight is 431 g/mol. The molecule has 9 heteroatoms. The number of nitro groups is 1. The van der Waals surface area contributed by atoms with Crippen LogP contribution in [0.25, 0.3) is 0 Å². The van der Waals surface area contributed by atoms with E-state index in [0.29, 0.717) is 17.5 Å². The Bertz CT molecular complexity index is 1040. The Morgan fingerprint density at radius 2 is 1.87 bits per heavy atom. The van der Waals surface area contributed by atoms with Gasteiger partial charge in [0.2, 0.25) is 0 Å². The zero-order valence-electron chi connectivity index (χ0n) is 17.2. The smallest absolute Gasteiger partial charge is 0.481 e. The molecular formula is C22H24FN2O6+. The van der Waals surface area contributed by atoms with Crippen LogP contribution in [0.1, 0.15) is 37.3 Å². The fraction of sp³-hybridized carbons (Fsp3) is 0.364. The monoisotopic (exact) mass is 431 g/mol. The van der Waals surface area contributed by atoms with Gasteiger partial charge in [0.05, 0.1) is 4.92 Å². The van der Waals surface area contributed by atoms with Crippen LogP contribution in [0.4, 0.5) is 20.6 Å². The van der Waals surface area contributed by atoms with Crippen LogP contribution in [0, 0.1) is 21.3 Å². The molecule has 31 heavy (non-hydrogen) atoms. The van der Waals surface area contributed by atoms with Crippen LogP contribution in [0.5, 0.6) is 0 Å². The van der Waals surface area contributed by atoms with Gasteiger partial charge in [0.15, 0.2) is 0 Å².